The van der Waals surface area contributed by atoms with Gasteiger partial charge in [-0.3, -0.25) is 4.79 Å². The normalized spacial score (nSPS) is 11.2. The summed E-state index contributed by atoms with van der Waals surface area (Å²) < 4.78 is 9.32. The Hall–Kier alpha value is -3.35. The molecule has 0 saturated heterocycles. The van der Waals surface area contributed by atoms with Gasteiger partial charge in [0.1, 0.15) is 0 Å². The molecule has 0 unspecified atom stereocenters. The van der Waals surface area contributed by atoms with Crippen LogP contribution in [0.4, 0.5) is 10.5 Å². The van der Waals surface area contributed by atoms with E-state index in [1.165, 1.54) is 14.2 Å². The molecule has 2 aromatic carbocycles. The van der Waals surface area contributed by atoms with E-state index in [2.05, 4.69) is 15.4 Å². The zero-order valence-corrected chi connectivity index (χ0v) is 14.5. The molecule has 7 heteroatoms. The quantitative estimate of drug-likeness (QED) is 0.776. The van der Waals surface area contributed by atoms with Crippen LogP contribution < -0.4 is 10.6 Å². The molecule has 0 aliphatic heterocycles. The Morgan fingerprint density at radius 2 is 1.58 bits per heavy atom. The van der Waals surface area contributed by atoms with Crippen LogP contribution >= 0.6 is 0 Å². The highest BCUT2D eigenvalue weighted by Crippen LogP contribution is 2.18. The van der Waals surface area contributed by atoms with Gasteiger partial charge in [0.2, 0.25) is 0 Å². The van der Waals surface area contributed by atoms with E-state index in [0.717, 1.165) is 5.56 Å². The van der Waals surface area contributed by atoms with Crippen molar-refractivity contribution < 1.29 is 23.9 Å². The summed E-state index contributed by atoms with van der Waals surface area (Å²) in [6, 6.07) is 14.4. The Balaban J connectivity index is 2.04. The first-order valence-electron chi connectivity index (χ1n) is 7.91. The maximum absolute atomic E-state index is 12.3. The highest BCUT2D eigenvalue weighted by molar-refractivity contribution is 5.92. The summed E-state index contributed by atoms with van der Waals surface area (Å²) in [4.78, 5) is 35.3. The molecule has 2 amide bonds. The van der Waals surface area contributed by atoms with Crippen molar-refractivity contribution in [3.05, 3.63) is 65.7 Å². The van der Waals surface area contributed by atoms with Gasteiger partial charge < -0.3 is 20.1 Å². The fraction of sp³-hybridized carbons (Fsp3) is 0.211. The van der Waals surface area contributed by atoms with Crippen LogP contribution in [0.25, 0.3) is 0 Å². The van der Waals surface area contributed by atoms with Crippen molar-refractivity contribution in [2.45, 2.75) is 12.5 Å². The molecule has 0 aromatic heterocycles. The van der Waals surface area contributed by atoms with Crippen LogP contribution in [0.5, 0.6) is 0 Å². The number of methoxy groups -OCH3 is 2. The summed E-state index contributed by atoms with van der Waals surface area (Å²) in [6.45, 7) is 0. The van der Waals surface area contributed by atoms with Gasteiger partial charge in [0.25, 0.3) is 0 Å². The number of ether oxygens (including phenoxy) is 2. The molecule has 0 radical (unpaired) electrons. The monoisotopic (exact) mass is 356 g/mol. The molecule has 0 spiro atoms. The van der Waals surface area contributed by atoms with E-state index in [1.54, 1.807) is 24.3 Å². The number of carbonyl (C=O) groups is 3. The van der Waals surface area contributed by atoms with Crippen molar-refractivity contribution in [2.24, 2.45) is 0 Å². The zero-order valence-electron chi connectivity index (χ0n) is 14.5. The molecule has 7 nitrogen and oxygen atoms in total. The standard InChI is InChI=1S/C19H20N2O5/c1-25-17(22)12-16(13-6-4-3-5-7-13)21-19(24)20-15-10-8-14(9-11-15)18(23)26-2/h3-11,16H,12H2,1-2H3,(H2,20,21,24)/t16-/m1/s1. The minimum Gasteiger partial charge on any atom is -0.469 e. The zero-order chi connectivity index (χ0) is 18.9. The summed E-state index contributed by atoms with van der Waals surface area (Å²) in [5.74, 6) is -0.884. The van der Waals surface area contributed by atoms with E-state index in [9.17, 15) is 14.4 Å². The fourth-order valence-corrected chi connectivity index (χ4v) is 2.32. The van der Waals surface area contributed by atoms with Crippen LogP contribution in [0.15, 0.2) is 54.6 Å². The molecule has 0 heterocycles. The van der Waals surface area contributed by atoms with Crippen molar-refractivity contribution in [3.8, 4) is 0 Å². The Morgan fingerprint density at radius 3 is 2.15 bits per heavy atom. The van der Waals surface area contributed by atoms with Crippen LogP contribution in [0.2, 0.25) is 0 Å². The second-order valence-corrected chi connectivity index (χ2v) is 5.41. The lowest BCUT2D eigenvalue weighted by Gasteiger charge is -2.18. The molecule has 1 atom stereocenters. The van der Waals surface area contributed by atoms with Crippen LogP contribution in [0, 0.1) is 0 Å². The van der Waals surface area contributed by atoms with E-state index in [1.807, 2.05) is 30.3 Å². The first-order chi connectivity index (χ1) is 12.5. The first kappa shape index (κ1) is 19.0. The summed E-state index contributed by atoms with van der Waals surface area (Å²) in [5, 5.41) is 5.42. The number of esters is 2. The molecule has 2 rings (SSSR count). The third kappa shape index (κ3) is 5.34. The van der Waals surface area contributed by atoms with Crippen molar-refractivity contribution in [2.75, 3.05) is 19.5 Å². The number of amides is 2. The maximum atomic E-state index is 12.3. The molecule has 2 N–H and O–H groups in total. The molecule has 136 valence electrons. The Morgan fingerprint density at radius 1 is 0.923 bits per heavy atom. The lowest BCUT2D eigenvalue weighted by Crippen LogP contribution is -2.34. The fourth-order valence-electron chi connectivity index (χ4n) is 2.32. The van der Waals surface area contributed by atoms with Crippen LogP contribution in [-0.4, -0.2) is 32.2 Å². The molecular weight excluding hydrogens is 336 g/mol. The van der Waals surface area contributed by atoms with Gasteiger partial charge in [-0.25, -0.2) is 9.59 Å². The average Bonchev–Trinajstić information content (AvgIpc) is 2.68. The average molecular weight is 356 g/mol. The van der Waals surface area contributed by atoms with E-state index in [4.69, 9.17) is 4.74 Å². The summed E-state index contributed by atoms with van der Waals surface area (Å²) in [5.41, 5.74) is 1.67. The SMILES string of the molecule is COC(=O)C[C@@H](NC(=O)Nc1ccc(C(=O)OC)cc1)c1ccccc1. The minimum absolute atomic E-state index is 0.00914. The summed E-state index contributed by atoms with van der Waals surface area (Å²) >= 11 is 0. The second kappa shape index (κ2) is 9.22. The Bertz CT molecular complexity index is 759. The highest BCUT2D eigenvalue weighted by atomic mass is 16.5. The lowest BCUT2D eigenvalue weighted by molar-refractivity contribution is -0.141. The van der Waals surface area contributed by atoms with Gasteiger partial charge in [-0.1, -0.05) is 30.3 Å². The molecule has 0 bridgehead atoms. The summed E-state index contributed by atoms with van der Waals surface area (Å²) in [6.07, 6.45) is 0.00914. The van der Waals surface area contributed by atoms with Gasteiger partial charge in [0.15, 0.2) is 0 Å². The van der Waals surface area contributed by atoms with Crippen molar-refractivity contribution in [3.63, 3.8) is 0 Å². The highest BCUT2D eigenvalue weighted by Gasteiger charge is 2.19. The first-order valence-corrected chi connectivity index (χ1v) is 7.91. The van der Waals surface area contributed by atoms with Gasteiger partial charge in [0.05, 0.1) is 32.2 Å². The minimum atomic E-state index is -0.530. The maximum Gasteiger partial charge on any atom is 0.337 e. The molecule has 2 aromatic rings. The van der Waals surface area contributed by atoms with Gasteiger partial charge in [-0.2, -0.15) is 0 Å². The Kier molecular flexibility index (Phi) is 6.73. The summed E-state index contributed by atoms with van der Waals surface area (Å²) in [7, 11) is 2.60. The number of anilines is 1. The van der Waals surface area contributed by atoms with Gasteiger partial charge in [0, 0.05) is 5.69 Å². The number of nitrogens with one attached hydrogen (secondary N) is 2. The Labute approximate surface area is 151 Å². The van der Waals surface area contributed by atoms with E-state index in [-0.39, 0.29) is 6.42 Å². The van der Waals surface area contributed by atoms with E-state index >= 15 is 0 Å². The van der Waals surface area contributed by atoms with Crippen molar-refractivity contribution in [1.82, 2.24) is 5.32 Å². The topological polar surface area (TPSA) is 93.7 Å². The van der Waals surface area contributed by atoms with Crippen LogP contribution in [0.3, 0.4) is 0 Å². The molecule has 0 fully saturated rings. The number of rotatable bonds is 6. The molecule has 0 aliphatic carbocycles. The number of benzene rings is 2. The van der Waals surface area contributed by atoms with Gasteiger partial charge in [-0.05, 0) is 29.8 Å². The van der Waals surface area contributed by atoms with Gasteiger partial charge >= 0.3 is 18.0 Å². The second-order valence-electron chi connectivity index (χ2n) is 5.41. The largest absolute Gasteiger partial charge is 0.469 e. The predicted octanol–water partition coefficient (Wildman–Crippen LogP) is 2.90. The predicted molar refractivity (Wildman–Crippen MR) is 95.8 cm³/mol. The molecule has 26 heavy (non-hydrogen) atoms. The molecular formula is C19H20N2O5. The third-order valence-corrected chi connectivity index (χ3v) is 3.67. The smallest absolute Gasteiger partial charge is 0.337 e. The van der Waals surface area contributed by atoms with E-state index in [0.29, 0.717) is 11.3 Å². The number of urea groups is 1. The number of hydrogen-bond acceptors (Lipinski definition) is 5. The third-order valence-electron chi connectivity index (χ3n) is 3.67. The number of carbonyl (C=O) groups excluding carboxylic acids is 3. The van der Waals surface area contributed by atoms with Crippen LogP contribution in [0.1, 0.15) is 28.4 Å². The lowest BCUT2D eigenvalue weighted by atomic mass is 10.0. The van der Waals surface area contributed by atoms with Gasteiger partial charge in [-0.15, -0.1) is 0 Å². The van der Waals surface area contributed by atoms with Crippen LogP contribution in [-0.2, 0) is 14.3 Å². The van der Waals surface area contributed by atoms with Crippen molar-refractivity contribution in [1.29, 1.82) is 0 Å². The molecule has 0 saturated carbocycles. The van der Waals surface area contributed by atoms with Crippen molar-refractivity contribution >= 4 is 23.7 Å². The number of hydrogen-bond donors (Lipinski definition) is 2. The van der Waals surface area contributed by atoms with E-state index < -0.39 is 24.0 Å². The molecule has 0 aliphatic rings.